The highest BCUT2D eigenvalue weighted by Gasteiger charge is 2.35. The van der Waals surface area contributed by atoms with Crippen molar-refractivity contribution in [2.75, 3.05) is 20.8 Å². The van der Waals surface area contributed by atoms with Crippen molar-refractivity contribution in [1.82, 2.24) is 5.32 Å². The zero-order valence-electron chi connectivity index (χ0n) is 10.8. The SMILES string of the molecule is COc1ccc(C[C@]2(C)CNC(=O)O2)cc1OC. The molecular formula is C13H17NO4. The Balaban J connectivity index is 2.17. The number of carbonyl (C=O) groups is 1. The van der Waals surface area contributed by atoms with Gasteiger partial charge in [0.05, 0.1) is 20.8 Å². The minimum absolute atomic E-state index is 0.363. The molecule has 98 valence electrons. The Hall–Kier alpha value is -1.91. The molecule has 1 heterocycles. The molecule has 0 spiro atoms. The van der Waals surface area contributed by atoms with Gasteiger partial charge in [-0.1, -0.05) is 6.07 Å². The monoisotopic (exact) mass is 251 g/mol. The third kappa shape index (κ3) is 2.50. The van der Waals surface area contributed by atoms with Gasteiger partial charge in [0.25, 0.3) is 0 Å². The molecular weight excluding hydrogens is 234 g/mol. The molecule has 1 saturated heterocycles. The van der Waals surface area contributed by atoms with Crippen LogP contribution in [0.3, 0.4) is 0 Å². The van der Waals surface area contributed by atoms with Crippen molar-refractivity contribution in [2.45, 2.75) is 18.9 Å². The molecule has 1 N–H and O–H groups in total. The summed E-state index contributed by atoms with van der Waals surface area (Å²) in [5.41, 5.74) is 0.531. The quantitative estimate of drug-likeness (QED) is 0.885. The third-order valence-corrected chi connectivity index (χ3v) is 2.97. The predicted molar refractivity (Wildman–Crippen MR) is 66.1 cm³/mol. The Labute approximate surface area is 106 Å². The molecule has 1 aliphatic rings. The van der Waals surface area contributed by atoms with Gasteiger partial charge in [0, 0.05) is 6.42 Å². The molecule has 0 radical (unpaired) electrons. The number of amides is 1. The standard InChI is InChI=1S/C13H17NO4/c1-13(8-14-12(15)18-13)7-9-4-5-10(16-2)11(6-9)17-3/h4-6H,7-8H2,1-3H3,(H,14,15)/t13-/m1/s1. The molecule has 1 aromatic carbocycles. The molecule has 1 aliphatic heterocycles. The second kappa shape index (κ2) is 4.76. The third-order valence-electron chi connectivity index (χ3n) is 2.97. The minimum atomic E-state index is -0.503. The van der Waals surface area contributed by atoms with Gasteiger partial charge in [0.2, 0.25) is 0 Å². The van der Waals surface area contributed by atoms with E-state index in [1.807, 2.05) is 25.1 Å². The normalized spacial score (nSPS) is 22.3. The number of hydrogen-bond acceptors (Lipinski definition) is 4. The molecule has 18 heavy (non-hydrogen) atoms. The molecule has 0 unspecified atom stereocenters. The van der Waals surface area contributed by atoms with Crippen molar-refractivity contribution in [2.24, 2.45) is 0 Å². The number of hydrogen-bond donors (Lipinski definition) is 1. The van der Waals surface area contributed by atoms with E-state index in [-0.39, 0.29) is 6.09 Å². The average molecular weight is 251 g/mol. The van der Waals surface area contributed by atoms with Crippen LogP contribution in [0, 0.1) is 0 Å². The number of carbonyl (C=O) groups excluding carboxylic acids is 1. The summed E-state index contributed by atoms with van der Waals surface area (Å²) in [6.45, 7) is 2.42. The van der Waals surface area contributed by atoms with Crippen LogP contribution in [0.2, 0.25) is 0 Å². The van der Waals surface area contributed by atoms with Crippen LogP contribution >= 0.6 is 0 Å². The first kappa shape index (κ1) is 12.5. The fourth-order valence-electron chi connectivity index (χ4n) is 2.08. The lowest BCUT2D eigenvalue weighted by Gasteiger charge is -2.21. The summed E-state index contributed by atoms with van der Waals surface area (Å²) in [7, 11) is 3.20. The van der Waals surface area contributed by atoms with Crippen molar-refractivity contribution in [3.8, 4) is 11.5 Å². The molecule has 0 bridgehead atoms. The van der Waals surface area contributed by atoms with Crippen LogP contribution in [0.15, 0.2) is 18.2 Å². The number of alkyl carbamates (subject to hydrolysis) is 1. The van der Waals surface area contributed by atoms with Crippen LogP contribution in [0.25, 0.3) is 0 Å². The second-order valence-electron chi connectivity index (χ2n) is 4.56. The highest BCUT2D eigenvalue weighted by molar-refractivity contribution is 5.70. The number of benzene rings is 1. The maximum atomic E-state index is 11.1. The van der Waals surface area contributed by atoms with Gasteiger partial charge >= 0.3 is 6.09 Å². The molecule has 0 aromatic heterocycles. The minimum Gasteiger partial charge on any atom is -0.493 e. The fraction of sp³-hybridized carbons (Fsp3) is 0.462. The molecule has 1 aromatic rings. The number of ether oxygens (including phenoxy) is 3. The van der Waals surface area contributed by atoms with Gasteiger partial charge in [0.15, 0.2) is 11.5 Å². The van der Waals surface area contributed by atoms with Crippen LogP contribution in [0.1, 0.15) is 12.5 Å². The topological polar surface area (TPSA) is 56.8 Å². The van der Waals surface area contributed by atoms with Crippen LogP contribution in [-0.4, -0.2) is 32.5 Å². The molecule has 1 fully saturated rings. The van der Waals surface area contributed by atoms with Crippen molar-refractivity contribution >= 4 is 6.09 Å². The van der Waals surface area contributed by atoms with E-state index in [1.54, 1.807) is 14.2 Å². The van der Waals surface area contributed by atoms with E-state index in [1.165, 1.54) is 0 Å². The van der Waals surface area contributed by atoms with E-state index in [9.17, 15) is 4.79 Å². The van der Waals surface area contributed by atoms with Crippen molar-refractivity contribution in [1.29, 1.82) is 0 Å². The van der Waals surface area contributed by atoms with Gasteiger partial charge in [-0.3, -0.25) is 0 Å². The predicted octanol–water partition coefficient (Wildman–Crippen LogP) is 1.74. The Bertz CT molecular complexity index is 460. The molecule has 2 rings (SSSR count). The summed E-state index contributed by atoms with van der Waals surface area (Å²) in [6.07, 6.45) is 0.268. The van der Waals surface area contributed by atoms with Gasteiger partial charge in [0.1, 0.15) is 5.60 Å². The maximum absolute atomic E-state index is 11.1. The molecule has 1 atom stereocenters. The van der Waals surface area contributed by atoms with E-state index in [0.717, 1.165) is 5.56 Å². The lowest BCUT2D eigenvalue weighted by Crippen LogP contribution is -2.31. The van der Waals surface area contributed by atoms with Gasteiger partial charge in [-0.15, -0.1) is 0 Å². The highest BCUT2D eigenvalue weighted by atomic mass is 16.6. The van der Waals surface area contributed by atoms with Crippen molar-refractivity contribution in [3.05, 3.63) is 23.8 Å². The highest BCUT2D eigenvalue weighted by Crippen LogP contribution is 2.30. The molecule has 5 nitrogen and oxygen atoms in total. The summed E-state index contributed by atoms with van der Waals surface area (Å²) in [6, 6.07) is 5.69. The first-order valence-electron chi connectivity index (χ1n) is 5.74. The van der Waals surface area contributed by atoms with Crippen LogP contribution in [0.4, 0.5) is 4.79 Å². The summed E-state index contributed by atoms with van der Waals surface area (Å²) in [5.74, 6) is 1.36. The van der Waals surface area contributed by atoms with Gasteiger partial charge in [-0.2, -0.15) is 0 Å². The molecule has 0 aliphatic carbocycles. The smallest absolute Gasteiger partial charge is 0.407 e. The van der Waals surface area contributed by atoms with E-state index in [0.29, 0.717) is 24.5 Å². The summed E-state index contributed by atoms with van der Waals surface area (Å²) in [5, 5.41) is 2.66. The largest absolute Gasteiger partial charge is 0.493 e. The van der Waals surface area contributed by atoms with E-state index >= 15 is 0 Å². The number of cyclic esters (lactones) is 1. The van der Waals surface area contributed by atoms with Gasteiger partial charge in [-0.25, -0.2) is 4.79 Å². The van der Waals surface area contributed by atoms with Crippen LogP contribution < -0.4 is 14.8 Å². The van der Waals surface area contributed by atoms with Gasteiger partial charge < -0.3 is 19.5 Å². The van der Waals surface area contributed by atoms with Crippen molar-refractivity contribution < 1.29 is 19.0 Å². The lowest BCUT2D eigenvalue weighted by molar-refractivity contribution is 0.0724. The summed E-state index contributed by atoms with van der Waals surface area (Å²) < 4.78 is 15.7. The zero-order chi connectivity index (χ0) is 13.2. The first-order valence-corrected chi connectivity index (χ1v) is 5.74. The zero-order valence-corrected chi connectivity index (χ0v) is 10.8. The average Bonchev–Trinajstić information content (AvgIpc) is 2.68. The summed E-state index contributed by atoms with van der Waals surface area (Å²) in [4.78, 5) is 11.1. The number of nitrogens with one attached hydrogen (secondary N) is 1. The second-order valence-corrected chi connectivity index (χ2v) is 4.56. The Morgan fingerprint density at radius 3 is 2.61 bits per heavy atom. The number of methoxy groups -OCH3 is 2. The van der Waals surface area contributed by atoms with Crippen LogP contribution in [0.5, 0.6) is 11.5 Å². The van der Waals surface area contributed by atoms with Gasteiger partial charge in [-0.05, 0) is 24.6 Å². The van der Waals surface area contributed by atoms with E-state index < -0.39 is 5.60 Å². The van der Waals surface area contributed by atoms with E-state index in [2.05, 4.69) is 5.32 Å². The number of rotatable bonds is 4. The molecule has 5 heteroatoms. The Kier molecular flexibility index (Phi) is 3.32. The summed E-state index contributed by atoms with van der Waals surface area (Å²) >= 11 is 0. The van der Waals surface area contributed by atoms with Crippen LogP contribution in [-0.2, 0) is 11.2 Å². The van der Waals surface area contributed by atoms with E-state index in [4.69, 9.17) is 14.2 Å². The first-order chi connectivity index (χ1) is 8.56. The molecule has 0 saturated carbocycles. The lowest BCUT2D eigenvalue weighted by atomic mass is 9.96. The Morgan fingerprint density at radius 2 is 2.06 bits per heavy atom. The Morgan fingerprint density at radius 1 is 1.33 bits per heavy atom. The molecule has 1 amide bonds. The fourth-order valence-corrected chi connectivity index (χ4v) is 2.08. The maximum Gasteiger partial charge on any atom is 0.407 e. The van der Waals surface area contributed by atoms with Crippen molar-refractivity contribution in [3.63, 3.8) is 0 Å².